The Bertz CT molecular complexity index is 619. The smallest absolute Gasteiger partial charge is 0.230 e. The van der Waals surface area contributed by atoms with Crippen molar-refractivity contribution in [2.24, 2.45) is 5.41 Å². The van der Waals surface area contributed by atoms with Gasteiger partial charge in [0.15, 0.2) is 0 Å². The molecule has 1 amide bonds. The van der Waals surface area contributed by atoms with Gasteiger partial charge in [-0.15, -0.1) is 0 Å². The van der Waals surface area contributed by atoms with E-state index in [0.29, 0.717) is 11.8 Å². The Labute approximate surface area is 152 Å². The fraction of sp³-hybridized carbons (Fsp3) is 0.682. The minimum absolute atomic E-state index is 0.0777. The lowest BCUT2D eigenvalue weighted by molar-refractivity contribution is -0.146. The number of amides is 1. The van der Waals surface area contributed by atoms with Gasteiger partial charge in [-0.2, -0.15) is 0 Å². The van der Waals surface area contributed by atoms with Crippen LogP contribution in [0.5, 0.6) is 0 Å². The number of benzene rings is 1. The van der Waals surface area contributed by atoms with Crippen molar-refractivity contribution in [1.82, 2.24) is 9.80 Å². The van der Waals surface area contributed by atoms with E-state index in [1.54, 1.807) is 0 Å². The van der Waals surface area contributed by atoms with E-state index in [1.807, 2.05) is 0 Å². The van der Waals surface area contributed by atoms with Crippen molar-refractivity contribution < 1.29 is 4.79 Å². The maximum atomic E-state index is 13.3. The summed E-state index contributed by atoms with van der Waals surface area (Å²) in [4.78, 5) is 18.1. The van der Waals surface area contributed by atoms with Gasteiger partial charge in [-0.1, -0.05) is 44.5 Å². The van der Waals surface area contributed by atoms with Crippen LogP contribution >= 0.6 is 0 Å². The van der Waals surface area contributed by atoms with Crippen LogP contribution in [0.1, 0.15) is 69.4 Å². The van der Waals surface area contributed by atoms with Gasteiger partial charge in [0.2, 0.25) is 5.91 Å². The molecule has 0 bridgehead atoms. The van der Waals surface area contributed by atoms with Gasteiger partial charge in [-0.3, -0.25) is 9.69 Å². The summed E-state index contributed by atoms with van der Waals surface area (Å²) in [5.41, 5.74) is 2.56. The van der Waals surface area contributed by atoms with Gasteiger partial charge in [0.05, 0.1) is 5.41 Å². The number of carbonyl (C=O) groups excluding carboxylic acids is 1. The summed E-state index contributed by atoms with van der Waals surface area (Å²) in [7, 11) is 0. The number of nitrogens with zero attached hydrogens (tertiary/aromatic N) is 2. The van der Waals surface area contributed by atoms with Crippen LogP contribution in [0.4, 0.5) is 0 Å². The molecule has 2 heterocycles. The van der Waals surface area contributed by atoms with Gasteiger partial charge in [0.1, 0.15) is 0 Å². The van der Waals surface area contributed by atoms with Gasteiger partial charge in [-0.25, -0.2) is 0 Å². The van der Waals surface area contributed by atoms with E-state index in [1.165, 1.54) is 30.4 Å². The number of rotatable bonds is 4. The predicted octanol–water partition coefficient (Wildman–Crippen LogP) is 4.18. The lowest BCUT2D eigenvalue weighted by Gasteiger charge is -2.41. The van der Waals surface area contributed by atoms with Crippen LogP contribution in [0.2, 0.25) is 0 Å². The molecule has 2 saturated heterocycles. The summed E-state index contributed by atoms with van der Waals surface area (Å²) in [6.45, 7) is 8.30. The van der Waals surface area contributed by atoms with Crippen LogP contribution in [0.25, 0.3) is 0 Å². The quantitative estimate of drug-likeness (QED) is 0.821. The molecule has 0 unspecified atom stereocenters. The zero-order valence-electron chi connectivity index (χ0n) is 15.8. The summed E-state index contributed by atoms with van der Waals surface area (Å²) >= 11 is 0. The van der Waals surface area contributed by atoms with Crippen LogP contribution in [-0.4, -0.2) is 41.4 Å². The Morgan fingerprint density at radius 2 is 1.84 bits per heavy atom. The van der Waals surface area contributed by atoms with E-state index in [4.69, 9.17) is 0 Å². The summed E-state index contributed by atoms with van der Waals surface area (Å²) in [5.74, 6) is 0.985. The predicted molar refractivity (Wildman–Crippen MR) is 101 cm³/mol. The Kier molecular flexibility index (Phi) is 4.61. The van der Waals surface area contributed by atoms with E-state index >= 15 is 0 Å². The van der Waals surface area contributed by atoms with Crippen LogP contribution in [0.3, 0.4) is 0 Å². The maximum Gasteiger partial charge on any atom is 0.230 e. The summed E-state index contributed by atoms with van der Waals surface area (Å²) in [5, 5.41) is 0. The first kappa shape index (κ1) is 17.1. The average molecular weight is 341 g/mol. The highest BCUT2D eigenvalue weighted by Crippen LogP contribution is 2.43. The topological polar surface area (TPSA) is 23.6 Å². The zero-order chi connectivity index (χ0) is 17.4. The highest BCUT2D eigenvalue weighted by Gasteiger charge is 2.49. The molecule has 3 aliphatic rings. The third-order valence-corrected chi connectivity index (χ3v) is 6.82. The normalized spacial score (nSPS) is 28.1. The van der Waals surface area contributed by atoms with Crippen LogP contribution in [-0.2, 0) is 11.3 Å². The minimum atomic E-state index is -0.0777. The number of hydrogen-bond acceptors (Lipinski definition) is 2. The van der Waals surface area contributed by atoms with Gasteiger partial charge >= 0.3 is 0 Å². The minimum Gasteiger partial charge on any atom is -0.338 e. The largest absolute Gasteiger partial charge is 0.338 e. The molecule has 2 aliphatic heterocycles. The lowest BCUT2D eigenvalue weighted by atomic mass is 9.78. The molecule has 1 atom stereocenters. The molecule has 3 fully saturated rings. The lowest BCUT2D eigenvalue weighted by Crippen LogP contribution is -2.50. The second kappa shape index (κ2) is 6.75. The summed E-state index contributed by atoms with van der Waals surface area (Å²) < 4.78 is 0. The molecule has 3 nitrogen and oxygen atoms in total. The average Bonchev–Trinajstić information content (AvgIpc) is 2.95. The molecule has 3 heteroatoms. The third-order valence-electron chi connectivity index (χ3n) is 6.82. The van der Waals surface area contributed by atoms with Gasteiger partial charge < -0.3 is 4.90 Å². The van der Waals surface area contributed by atoms with E-state index in [0.717, 1.165) is 51.5 Å². The van der Waals surface area contributed by atoms with Gasteiger partial charge in [-0.05, 0) is 55.7 Å². The van der Waals surface area contributed by atoms with Crippen molar-refractivity contribution in [2.45, 2.75) is 70.9 Å². The molecule has 0 aromatic heterocycles. The molecule has 0 radical (unpaired) electrons. The van der Waals surface area contributed by atoms with E-state index in [9.17, 15) is 4.79 Å². The Morgan fingerprint density at radius 3 is 2.48 bits per heavy atom. The SMILES string of the molecule is CC(C)c1ccc(CN2CCC[C@]3(CCN(C4CCC4)C3)C2=O)cc1. The van der Waals surface area contributed by atoms with Crippen molar-refractivity contribution in [3.63, 3.8) is 0 Å². The van der Waals surface area contributed by atoms with E-state index in [-0.39, 0.29) is 5.41 Å². The first-order valence-electron chi connectivity index (χ1n) is 10.2. The Balaban J connectivity index is 1.43. The zero-order valence-corrected chi connectivity index (χ0v) is 15.8. The monoisotopic (exact) mass is 340 g/mol. The van der Waals surface area contributed by atoms with Crippen LogP contribution in [0, 0.1) is 5.41 Å². The molecule has 136 valence electrons. The summed E-state index contributed by atoms with van der Waals surface area (Å²) in [6, 6.07) is 9.63. The molecule has 25 heavy (non-hydrogen) atoms. The van der Waals surface area contributed by atoms with Crippen LogP contribution in [0.15, 0.2) is 24.3 Å². The fourth-order valence-corrected chi connectivity index (χ4v) is 4.88. The Hall–Kier alpha value is -1.35. The van der Waals surface area contributed by atoms with Crippen molar-refractivity contribution in [1.29, 1.82) is 0 Å². The summed E-state index contributed by atoms with van der Waals surface area (Å²) in [6.07, 6.45) is 7.39. The third kappa shape index (κ3) is 3.23. The maximum absolute atomic E-state index is 13.3. The molecule has 1 aromatic rings. The second-order valence-corrected chi connectivity index (χ2v) is 8.81. The van der Waals surface area contributed by atoms with Crippen LogP contribution < -0.4 is 0 Å². The highest BCUT2D eigenvalue weighted by molar-refractivity contribution is 5.84. The standard InChI is InChI=1S/C22H32N2O/c1-17(2)19-9-7-18(8-10-19)15-23-13-4-11-22(21(23)25)12-14-24(16-22)20-5-3-6-20/h7-10,17,20H,3-6,11-16H2,1-2H3/t22-/m1/s1. The molecule has 0 N–H and O–H groups in total. The van der Waals surface area contributed by atoms with Crippen molar-refractivity contribution in [2.75, 3.05) is 19.6 Å². The Morgan fingerprint density at radius 1 is 1.08 bits per heavy atom. The van der Waals surface area contributed by atoms with E-state index in [2.05, 4.69) is 47.9 Å². The molecule has 1 saturated carbocycles. The number of hydrogen-bond donors (Lipinski definition) is 0. The molecular formula is C22H32N2O. The first-order chi connectivity index (χ1) is 12.1. The second-order valence-electron chi connectivity index (χ2n) is 8.81. The number of piperidine rings is 1. The van der Waals surface area contributed by atoms with Crippen molar-refractivity contribution in [3.05, 3.63) is 35.4 Å². The van der Waals surface area contributed by atoms with Crippen molar-refractivity contribution >= 4 is 5.91 Å². The molecule has 1 aliphatic carbocycles. The number of likely N-dealkylation sites (tertiary alicyclic amines) is 2. The fourth-order valence-electron chi connectivity index (χ4n) is 4.88. The highest BCUT2D eigenvalue weighted by atomic mass is 16.2. The van der Waals surface area contributed by atoms with Gasteiger partial charge in [0, 0.05) is 25.7 Å². The molecule has 1 spiro atoms. The number of carbonyl (C=O) groups is 1. The van der Waals surface area contributed by atoms with Crippen molar-refractivity contribution in [3.8, 4) is 0 Å². The molecule has 1 aromatic carbocycles. The van der Waals surface area contributed by atoms with Gasteiger partial charge in [0.25, 0.3) is 0 Å². The molecule has 4 rings (SSSR count). The first-order valence-corrected chi connectivity index (χ1v) is 10.2. The molecular weight excluding hydrogens is 308 g/mol. The van der Waals surface area contributed by atoms with E-state index < -0.39 is 0 Å².